The number of carbonyl (C=O) groups excluding carboxylic acids is 1. The number of nitrogens with zero attached hydrogens (tertiary/aromatic N) is 2. The lowest BCUT2D eigenvalue weighted by atomic mass is 9.96. The number of ether oxygens (including phenoxy) is 1. The SMILES string of the molecule is Cc1c(OCCCCNCC2CC2)ccc(C(C)N2CCN(C(=O)c3ccc(C(F)(F)F)cc3)CC2)c1C. The summed E-state index contributed by atoms with van der Waals surface area (Å²) in [5, 5.41) is 3.52. The van der Waals surface area contributed by atoms with E-state index in [0.717, 1.165) is 61.9 Å². The minimum Gasteiger partial charge on any atom is -0.493 e. The maximum atomic E-state index is 12.8. The predicted octanol–water partition coefficient (Wildman–Crippen LogP) is 6.00. The minimum atomic E-state index is -4.41. The molecule has 4 rings (SSSR count). The summed E-state index contributed by atoms with van der Waals surface area (Å²) in [6.07, 6.45) is 0.504. The molecule has 0 radical (unpaired) electrons. The van der Waals surface area contributed by atoms with Gasteiger partial charge in [-0.3, -0.25) is 9.69 Å². The van der Waals surface area contributed by atoms with Crippen molar-refractivity contribution in [2.75, 3.05) is 45.9 Å². The summed E-state index contributed by atoms with van der Waals surface area (Å²) in [6, 6.07) is 8.88. The lowest BCUT2D eigenvalue weighted by molar-refractivity contribution is -0.137. The molecule has 0 spiro atoms. The van der Waals surface area contributed by atoms with Gasteiger partial charge in [-0.1, -0.05) is 6.07 Å². The number of unbranched alkanes of at least 4 members (excludes halogenated alkanes) is 1. The third-order valence-electron chi connectivity index (χ3n) is 7.97. The fourth-order valence-corrected chi connectivity index (χ4v) is 5.08. The van der Waals surface area contributed by atoms with Gasteiger partial charge in [0.15, 0.2) is 0 Å². The second-order valence-corrected chi connectivity index (χ2v) is 10.7. The number of benzene rings is 2. The molecule has 2 aromatic carbocycles. The molecule has 208 valence electrons. The van der Waals surface area contributed by atoms with Crippen molar-refractivity contribution in [3.63, 3.8) is 0 Å². The zero-order valence-electron chi connectivity index (χ0n) is 22.7. The molecule has 0 bridgehead atoms. The number of alkyl halides is 3. The zero-order valence-corrected chi connectivity index (χ0v) is 22.7. The van der Waals surface area contributed by atoms with Crippen LogP contribution >= 0.6 is 0 Å². The number of nitrogens with one attached hydrogen (secondary N) is 1. The zero-order chi connectivity index (χ0) is 27.3. The van der Waals surface area contributed by atoms with E-state index >= 15 is 0 Å². The first-order valence-electron chi connectivity index (χ1n) is 13.8. The van der Waals surface area contributed by atoms with Crippen LogP contribution in [-0.2, 0) is 6.18 Å². The summed E-state index contributed by atoms with van der Waals surface area (Å²) in [4.78, 5) is 16.9. The second-order valence-electron chi connectivity index (χ2n) is 10.7. The fraction of sp³-hybridized carbons (Fsp3) is 0.567. The van der Waals surface area contributed by atoms with Crippen LogP contribution in [0.5, 0.6) is 5.75 Å². The summed E-state index contributed by atoms with van der Waals surface area (Å²) in [5.74, 6) is 1.63. The van der Waals surface area contributed by atoms with Crippen LogP contribution in [0.4, 0.5) is 13.2 Å². The summed E-state index contributed by atoms with van der Waals surface area (Å²) in [5.41, 5.74) is 3.19. The molecule has 1 saturated heterocycles. The van der Waals surface area contributed by atoms with Crippen molar-refractivity contribution in [2.24, 2.45) is 5.92 Å². The molecule has 38 heavy (non-hydrogen) atoms. The van der Waals surface area contributed by atoms with E-state index < -0.39 is 11.7 Å². The van der Waals surface area contributed by atoms with Gasteiger partial charge in [0.05, 0.1) is 12.2 Å². The molecule has 2 fully saturated rings. The second kappa shape index (κ2) is 12.5. The first kappa shape index (κ1) is 28.4. The molecule has 5 nitrogen and oxygen atoms in total. The monoisotopic (exact) mass is 531 g/mol. The quantitative estimate of drug-likeness (QED) is 0.361. The van der Waals surface area contributed by atoms with Crippen LogP contribution in [0.3, 0.4) is 0 Å². The number of amides is 1. The predicted molar refractivity (Wildman–Crippen MR) is 144 cm³/mol. The average Bonchev–Trinajstić information content (AvgIpc) is 3.74. The first-order chi connectivity index (χ1) is 18.1. The number of hydrogen-bond donors (Lipinski definition) is 1. The summed E-state index contributed by atoms with van der Waals surface area (Å²) in [6.45, 7) is 11.9. The van der Waals surface area contributed by atoms with Gasteiger partial charge in [0, 0.05) is 37.8 Å². The van der Waals surface area contributed by atoms with E-state index in [0.29, 0.717) is 26.2 Å². The van der Waals surface area contributed by atoms with Crippen molar-refractivity contribution in [3.8, 4) is 5.75 Å². The molecule has 8 heteroatoms. The maximum absolute atomic E-state index is 12.8. The number of carbonyl (C=O) groups is 1. The van der Waals surface area contributed by atoms with E-state index in [1.165, 1.54) is 36.1 Å². The normalized spacial score (nSPS) is 17.5. The maximum Gasteiger partial charge on any atom is 0.416 e. The van der Waals surface area contributed by atoms with Crippen LogP contribution in [0.2, 0.25) is 0 Å². The van der Waals surface area contributed by atoms with Gasteiger partial charge in [-0.25, -0.2) is 0 Å². The molecule has 2 aliphatic rings. The van der Waals surface area contributed by atoms with Gasteiger partial charge in [0.2, 0.25) is 0 Å². The van der Waals surface area contributed by atoms with Crippen molar-refractivity contribution in [2.45, 2.75) is 58.7 Å². The third-order valence-corrected chi connectivity index (χ3v) is 7.97. The Morgan fingerprint density at radius 3 is 2.32 bits per heavy atom. The van der Waals surface area contributed by atoms with Gasteiger partial charge in [0.25, 0.3) is 5.91 Å². The van der Waals surface area contributed by atoms with E-state index in [2.05, 4.69) is 43.1 Å². The molecule has 1 N–H and O–H groups in total. The smallest absolute Gasteiger partial charge is 0.416 e. The summed E-state index contributed by atoms with van der Waals surface area (Å²) >= 11 is 0. The number of hydrogen-bond acceptors (Lipinski definition) is 4. The average molecular weight is 532 g/mol. The molecular weight excluding hydrogens is 491 g/mol. The lowest BCUT2D eigenvalue weighted by Crippen LogP contribution is -2.49. The van der Waals surface area contributed by atoms with Gasteiger partial charge >= 0.3 is 6.18 Å². The molecule has 1 amide bonds. The van der Waals surface area contributed by atoms with Crippen molar-refractivity contribution in [1.82, 2.24) is 15.1 Å². The Morgan fingerprint density at radius 2 is 1.68 bits per heavy atom. The number of halogens is 3. The Bertz CT molecular complexity index is 1080. The lowest BCUT2D eigenvalue weighted by Gasteiger charge is -2.39. The fourth-order valence-electron chi connectivity index (χ4n) is 5.08. The molecular formula is C30H40F3N3O2. The van der Waals surface area contributed by atoms with Crippen molar-refractivity contribution < 1.29 is 22.7 Å². The van der Waals surface area contributed by atoms with Crippen LogP contribution in [0, 0.1) is 19.8 Å². The van der Waals surface area contributed by atoms with Crippen LogP contribution in [0.25, 0.3) is 0 Å². The van der Waals surface area contributed by atoms with Gasteiger partial charge in [-0.05, 0) is 112 Å². The van der Waals surface area contributed by atoms with Crippen molar-refractivity contribution in [3.05, 3.63) is 64.2 Å². The van der Waals surface area contributed by atoms with Gasteiger partial charge in [0.1, 0.15) is 5.75 Å². The highest BCUT2D eigenvalue weighted by Gasteiger charge is 2.31. The van der Waals surface area contributed by atoms with Crippen molar-refractivity contribution in [1.29, 1.82) is 0 Å². The van der Waals surface area contributed by atoms with E-state index in [1.807, 2.05) is 0 Å². The number of piperazine rings is 1. The van der Waals surface area contributed by atoms with E-state index in [-0.39, 0.29) is 17.5 Å². The van der Waals surface area contributed by atoms with Crippen LogP contribution in [0.1, 0.15) is 71.3 Å². The highest BCUT2D eigenvalue weighted by molar-refractivity contribution is 5.94. The topological polar surface area (TPSA) is 44.8 Å². The Balaban J connectivity index is 1.25. The third kappa shape index (κ3) is 7.29. The minimum absolute atomic E-state index is 0.184. The standard InChI is InChI=1S/C30H40F3N3O2/c1-21-22(2)28(38-19-5-4-14-34-20-24-6-7-24)13-12-27(21)23(3)35-15-17-36(18-16-35)29(37)25-8-10-26(11-9-25)30(31,32)33/h8-13,23-24,34H,4-7,14-20H2,1-3H3. The van der Waals surface area contributed by atoms with E-state index in [9.17, 15) is 18.0 Å². The molecule has 1 heterocycles. The summed E-state index contributed by atoms with van der Waals surface area (Å²) < 4.78 is 44.6. The first-order valence-corrected chi connectivity index (χ1v) is 13.8. The Morgan fingerprint density at radius 1 is 1.00 bits per heavy atom. The van der Waals surface area contributed by atoms with Gasteiger partial charge < -0.3 is 15.0 Å². The van der Waals surface area contributed by atoms with E-state index in [1.54, 1.807) is 4.90 Å². The Labute approximate surface area is 224 Å². The van der Waals surface area contributed by atoms with Crippen LogP contribution < -0.4 is 10.1 Å². The molecule has 2 aromatic rings. The molecule has 0 aromatic heterocycles. The van der Waals surface area contributed by atoms with Gasteiger partial charge in [-0.15, -0.1) is 0 Å². The molecule has 1 unspecified atom stereocenters. The van der Waals surface area contributed by atoms with Gasteiger partial charge in [-0.2, -0.15) is 13.2 Å². The molecule has 1 aliphatic heterocycles. The summed E-state index contributed by atoms with van der Waals surface area (Å²) in [7, 11) is 0. The Hall–Kier alpha value is -2.58. The highest BCUT2D eigenvalue weighted by Crippen LogP contribution is 2.32. The van der Waals surface area contributed by atoms with Crippen molar-refractivity contribution >= 4 is 5.91 Å². The Kier molecular flexibility index (Phi) is 9.36. The van der Waals surface area contributed by atoms with Crippen LogP contribution in [0.15, 0.2) is 36.4 Å². The highest BCUT2D eigenvalue weighted by atomic mass is 19.4. The van der Waals surface area contributed by atoms with E-state index in [4.69, 9.17) is 4.74 Å². The van der Waals surface area contributed by atoms with Crippen LogP contribution in [-0.4, -0.2) is 61.6 Å². The molecule has 1 atom stereocenters. The molecule has 1 aliphatic carbocycles. The number of rotatable bonds is 11. The molecule has 1 saturated carbocycles. The largest absolute Gasteiger partial charge is 0.493 e.